The Balaban J connectivity index is 2.91. The minimum Gasteiger partial charge on any atom is -0.494 e. The Bertz CT molecular complexity index is 347. The summed E-state index contributed by atoms with van der Waals surface area (Å²) in [6, 6.07) is 4.40. The molecule has 90 valence electrons. The molecule has 1 unspecified atom stereocenters. The van der Waals surface area contributed by atoms with Crippen molar-refractivity contribution in [3.05, 3.63) is 28.8 Å². The summed E-state index contributed by atoms with van der Waals surface area (Å²) < 4.78 is 5.59. The van der Waals surface area contributed by atoms with Crippen molar-refractivity contribution in [3.63, 3.8) is 0 Å². The van der Waals surface area contributed by atoms with E-state index >= 15 is 0 Å². The molecule has 0 saturated carbocycles. The van der Waals surface area contributed by atoms with Crippen LogP contribution in [0.5, 0.6) is 5.75 Å². The smallest absolute Gasteiger partial charge is 0.122 e. The van der Waals surface area contributed by atoms with Crippen molar-refractivity contribution in [2.24, 2.45) is 5.92 Å². The summed E-state index contributed by atoms with van der Waals surface area (Å²) in [6.45, 7) is 9.25. The van der Waals surface area contributed by atoms with Gasteiger partial charge in [-0.25, -0.2) is 0 Å². The second kappa shape index (κ2) is 6.19. The molecular formula is C14H22OS. The van der Waals surface area contributed by atoms with E-state index in [4.69, 9.17) is 4.74 Å². The first-order chi connectivity index (χ1) is 7.58. The maximum absolute atomic E-state index is 5.59. The number of hydrogen-bond donors (Lipinski definition) is 1. The summed E-state index contributed by atoms with van der Waals surface area (Å²) in [5.41, 5.74) is 3.97. The standard InChI is InChI=1S/C14H22OS/c1-5-15-14-8-11(3)13(7-12(14)4)6-10(2)9-16/h7-8,10,16H,5-6,9H2,1-4H3. The summed E-state index contributed by atoms with van der Waals surface area (Å²) in [5.74, 6) is 2.58. The molecule has 0 fully saturated rings. The van der Waals surface area contributed by atoms with E-state index in [1.54, 1.807) is 0 Å². The van der Waals surface area contributed by atoms with Gasteiger partial charge in [0.05, 0.1) is 6.61 Å². The van der Waals surface area contributed by atoms with Crippen LogP contribution in [0.25, 0.3) is 0 Å². The molecule has 1 aromatic carbocycles. The van der Waals surface area contributed by atoms with Crippen molar-refractivity contribution < 1.29 is 4.74 Å². The fourth-order valence-corrected chi connectivity index (χ4v) is 1.95. The molecule has 0 aliphatic heterocycles. The zero-order chi connectivity index (χ0) is 12.1. The fourth-order valence-electron chi connectivity index (χ4n) is 1.82. The van der Waals surface area contributed by atoms with E-state index in [0.29, 0.717) is 5.92 Å². The molecule has 16 heavy (non-hydrogen) atoms. The minimum absolute atomic E-state index is 0.624. The van der Waals surface area contributed by atoms with Gasteiger partial charge in [0.1, 0.15) is 5.75 Å². The van der Waals surface area contributed by atoms with Gasteiger partial charge < -0.3 is 4.74 Å². The van der Waals surface area contributed by atoms with Crippen molar-refractivity contribution >= 4 is 12.6 Å². The van der Waals surface area contributed by atoms with Crippen LogP contribution in [0.15, 0.2) is 12.1 Å². The molecule has 0 aliphatic carbocycles. The van der Waals surface area contributed by atoms with E-state index in [1.807, 2.05) is 6.92 Å². The number of hydrogen-bond acceptors (Lipinski definition) is 2. The van der Waals surface area contributed by atoms with Crippen molar-refractivity contribution in [1.29, 1.82) is 0 Å². The number of ether oxygens (including phenoxy) is 1. The van der Waals surface area contributed by atoms with Gasteiger partial charge in [-0.1, -0.05) is 13.0 Å². The molecule has 0 saturated heterocycles. The van der Waals surface area contributed by atoms with E-state index < -0.39 is 0 Å². The number of aryl methyl sites for hydroxylation is 2. The van der Waals surface area contributed by atoms with Crippen LogP contribution < -0.4 is 4.74 Å². The van der Waals surface area contributed by atoms with Crippen molar-refractivity contribution in [3.8, 4) is 5.75 Å². The molecule has 1 nitrogen and oxygen atoms in total. The van der Waals surface area contributed by atoms with Crippen molar-refractivity contribution in [2.75, 3.05) is 12.4 Å². The lowest BCUT2D eigenvalue weighted by Crippen LogP contribution is -2.04. The first-order valence-corrected chi connectivity index (χ1v) is 6.55. The van der Waals surface area contributed by atoms with Gasteiger partial charge in [0.15, 0.2) is 0 Å². The van der Waals surface area contributed by atoms with Gasteiger partial charge in [0.2, 0.25) is 0 Å². The van der Waals surface area contributed by atoms with Gasteiger partial charge >= 0.3 is 0 Å². The molecule has 0 spiro atoms. The normalized spacial score (nSPS) is 12.6. The predicted molar refractivity (Wildman–Crippen MR) is 73.8 cm³/mol. The lowest BCUT2D eigenvalue weighted by molar-refractivity contribution is 0.337. The molecule has 1 atom stereocenters. The second-order valence-corrected chi connectivity index (χ2v) is 4.83. The SMILES string of the molecule is CCOc1cc(C)c(CC(C)CS)cc1C. The van der Waals surface area contributed by atoms with Crippen molar-refractivity contribution in [2.45, 2.75) is 34.1 Å². The summed E-state index contributed by atoms with van der Waals surface area (Å²) >= 11 is 4.33. The first kappa shape index (κ1) is 13.4. The van der Waals surface area contributed by atoms with Crippen LogP contribution in [-0.2, 0) is 6.42 Å². The highest BCUT2D eigenvalue weighted by atomic mass is 32.1. The lowest BCUT2D eigenvalue weighted by atomic mass is 9.96. The van der Waals surface area contributed by atoms with Crippen LogP contribution in [0.3, 0.4) is 0 Å². The van der Waals surface area contributed by atoms with Crippen LogP contribution in [-0.4, -0.2) is 12.4 Å². The molecular weight excluding hydrogens is 216 g/mol. The summed E-state index contributed by atoms with van der Waals surface area (Å²) in [6.07, 6.45) is 1.10. The third-order valence-electron chi connectivity index (χ3n) is 2.81. The maximum atomic E-state index is 5.59. The molecule has 0 aliphatic rings. The van der Waals surface area contributed by atoms with E-state index in [9.17, 15) is 0 Å². The Kier molecular flexibility index (Phi) is 5.20. The molecule has 0 N–H and O–H groups in total. The average molecular weight is 238 g/mol. The molecule has 0 heterocycles. The van der Waals surface area contributed by atoms with Crippen LogP contribution in [0, 0.1) is 19.8 Å². The third-order valence-corrected chi connectivity index (χ3v) is 3.44. The Morgan fingerprint density at radius 2 is 1.94 bits per heavy atom. The van der Waals surface area contributed by atoms with Gasteiger partial charge in [-0.2, -0.15) is 12.6 Å². The molecule has 2 heteroatoms. The summed E-state index contributed by atoms with van der Waals surface area (Å²) in [7, 11) is 0. The summed E-state index contributed by atoms with van der Waals surface area (Å²) in [4.78, 5) is 0. The first-order valence-electron chi connectivity index (χ1n) is 5.92. The highest BCUT2D eigenvalue weighted by Crippen LogP contribution is 2.24. The molecule has 1 rings (SSSR count). The zero-order valence-electron chi connectivity index (χ0n) is 10.7. The average Bonchev–Trinajstić information content (AvgIpc) is 2.25. The maximum Gasteiger partial charge on any atom is 0.122 e. The highest BCUT2D eigenvalue weighted by molar-refractivity contribution is 7.80. The molecule has 0 bridgehead atoms. The van der Waals surface area contributed by atoms with E-state index in [2.05, 4.69) is 45.5 Å². The van der Waals surface area contributed by atoms with E-state index in [-0.39, 0.29) is 0 Å². The van der Waals surface area contributed by atoms with Gasteiger partial charge in [-0.05, 0) is 61.6 Å². The van der Waals surface area contributed by atoms with E-state index in [0.717, 1.165) is 24.5 Å². The van der Waals surface area contributed by atoms with Gasteiger partial charge in [-0.3, -0.25) is 0 Å². The summed E-state index contributed by atoms with van der Waals surface area (Å²) in [5, 5.41) is 0. The largest absolute Gasteiger partial charge is 0.494 e. The Morgan fingerprint density at radius 3 is 2.50 bits per heavy atom. The van der Waals surface area contributed by atoms with Crippen molar-refractivity contribution in [1.82, 2.24) is 0 Å². The Labute approximate surface area is 105 Å². The van der Waals surface area contributed by atoms with Crippen LogP contribution in [0.1, 0.15) is 30.5 Å². The predicted octanol–water partition coefficient (Wildman–Crippen LogP) is 3.81. The van der Waals surface area contributed by atoms with Gasteiger partial charge in [-0.15, -0.1) is 0 Å². The topological polar surface area (TPSA) is 9.23 Å². The highest BCUT2D eigenvalue weighted by Gasteiger charge is 2.08. The van der Waals surface area contributed by atoms with Crippen LogP contribution in [0.2, 0.25) is 0 Å². The molecule has 0 amide bonds. The zero-order valence-corrected chi connectivity index (χ0v) is 11.6. The Hall–Kier alpha value is -0.630. The number of benzene rings is 1. The fraction of sp³-hybridized carbons (Fsp3) is 0.571. The Morgan fingerprint density at radius 1 is 1.25 bits per heavy atom. The van der Waals surface area contributed by atoms with E-state index in [1.165, 1.54) is 16.7 Å². The quantitative estimate of drug-likeness (QED) is 0.767. The van der Waals surface area contributed by atoms with Gasteiger partial charge in [0, 0.05) is 0 Å². The lowest BCUT2D eigenvalue weighted by Gasteiger charge is -2.14. The second-order valence-electron chi connectivity index (χ2n) is 4.47. The monoisotopic (exact) mass is 238 g/mol. The molecule has 0 aromatic heterocycles. The van der Waals surface area contributed by atoms with Crippen LogP contribution in [0.4, 0.5) is 0 Å². The minimum atomic E-state index is 0.624. The third kappa shape index (κ3) is 3.44. The number of rotatable bonds is 5. The molecule has 1 aromatic rings. The molecule has 0 radical (unpaired) electrons. The number of thiol groups is 1. The van der Waals surface area contributed by atoms with Crippen LogP contribution >= 0.6 is 12.6 Å². The van der Waals surface area contributed by atoms with Gasteiger partial charge in [0.25, 0.3) is 0 Å².